The van der Waals surface area contributed by atoms with Crippen molar-refractivity contribution < 1.29 is 9.47 Å². The molecule has 0 heterocycles. The van der Waals surface area contributed by atoms with Crippen molar-refractivity contribution in [1.29, 1.82) is 0 Å². The van der Waals surface area contributed by atoms with Crippen molar-refractivity contribution in [2.75, 3.05) is 12.4 Å². The minimum Gasteiger partial charge on any atom is -0.497 e. The average molecular weight is 305 g/mol. The molecule has 0 saturated carbocycles. The predicted molar refractivity (Wildman–Crippen MR) is 94.0 cm³/mol. The molecule has 3 aromatic rings. The summed E-state index contributed by atoms with van der Waals surface area (Å²) in [5.41, 5.74) is 3.24. The number of anilines is 2. The van der Waals surface area contributed by atoms with Gasteiger partial charge in [-0.05, 0) is 67.6 Å². The van der Waals surface area contributed by atoms with E-state index in [0.717, 1.165) is 28.6 Å². The summed E-state index contributed by atoms with van der Waals surface area (Å²) >= 11 is 0. The van der Waals surface area contributed by atoms with Gasteiger partial charge in [-0.15, -0.1) is 0 Å². The maximum atomic E-state index is 5.82. The summed E-state index contributed by atoms with van der Waals surface area (Å²) in [6.45, 7) is 2.06. The zero-order chi connectivity index (χ0) is 16.1. The Hall–Kier alpha value is -2.94. The van der Waals surface area contributed by atoms with Crippen LogP contribution in [0.1, 0.15) is 5.56 Å². The van der Waals surface area contributed by atoms with Crippen molar-refractivity contribution in [2.45, 2.75) is 6.92 Å². The Balaban J connectivity index is 1.65. The first-order valence-electron chi connectivity index (χ1n) is 7.48. The second-order valence-electron chi connectivity index (χ2n) is 5.29. The highest BCUT2D eigenvalue weighted by atomic mass is 16.5. The Labute approximate surface area is 136 Å². The number of hydrogen-bond donors (Lipinski definition) is 1. The number of methoxy groups -OCH3 is 1. The van der Waals surface area contributed by atoms with Crippen LogP contribution in [0.25, 0.3) is 0 Å². The number of aryl methyl sites for hydroxylation is 1. The smallest absolute Gasteiger partial charge is 0.127 e. The molecule has 0 aromatic heterocycles. The second kappa shape index (κ2) is 6.88. The quantitative estimate of drug-likeness (QED) is 0.671. The van der Waals surface area contributed by atoms with E-state index >= 15 is 0 Å². The highest BCUT2D eigenvalue weighted by Crippen LogP contribution is 2.25. The molecule has 116 valence electrons. The molecular weight excluding hydrogens is 286 g/mol. The minimum atomic E-state index is 0.814. The van der Waals surface area contributed by atoms with E-state index in [1.807, 2.05) is 72.8 Å². The highest BCUT2D eigenvalue weighted by Gasteiger charge is 1.99. The number of rotatable bonds is 5. The van der Waals surface area contributed by atoms with Crippen LogP contribution < -0.4 is 14.8 Å². The molecule has 0 bridgehead atoms. The monoisotopic (exact) mass is 305 g/mol. The van der Waals surface area contributed by atoms with E-state index in [4.69, 9.17) is 9.47 Å². The Morgan fingerprint density at radius 3 is 1.52 bits per heavy atom. The SMILES string of the molecule is COc1ccc(Nc2ccc(Oc3ccc(C)cc3)cc2)cc1. The third kappa shape index (κ3) is 4.04. The Morgan fingerprint density at radius 2 is 1.04 bits per heavy atom. The van der Waals surface area contributed by atoms with Crippen molar-refractivity contribution in [3.63, 3.8) is 0 Å². The molecule has 0 atom stereocenters. The summed E-state index contributed by atoms with van der Waals surface area (Å²) in [6, 6.07) is 23.7. The van der Waals surface area contributed by atoms with Crippen LogP contribution in [0.5, 0.6) is 17.2 Å². The Morgan fingerprint density at radius 1 is 0.609 bits per heavy atom. The fourth-order valence-corrected chi connectivity index (χ4v) is 2.19. The maximum Gasteiger partial charge on any atom is 0.127 e. The zero-order valence-corrected chi connectivity index (χ0v) is 13.2. The minimum absolute atomic E-state index is 0.814. The first kappa shape index (κ1) is 15.0. The molecule has 0 saturated heterocycles. The van der Waals surface area contributed by atoms with Crippen LogP contribution in [0.3, 0.4) is 0 Å². The molecule has 1 N–H and O–H groups in total. The van der Waals surface area contributed by atoms with Gasteiger partial charge in [-0.25, -0.2) is 0 Å². The van der Waals surface area contributed by atoms with Crippen LogP contribution in [0, 0.1) is 6.92 Å². The summed E-state index contributed by atoms with van der Waals surface area (Å²) in [5.74, 6) is 2.50. The summed E-state index contributed by atoms with van der Waals surface area (Å²) in [4.78, 5) is 0. The van der Waals surface area contributed by atoms with Crippen LogP contribution in [0.15, 0.2) is 72.8 Å². The highest BCUT2D eigenvalue weighted by molar-refractivity contribution is 5.61. The van der Waals surface area contributed by atoms with Crippen LogP contribution in [0.2, 0.25) is 0 Å². The predicted octanol–water partition coefficient (Wildman–Crippen LogP) is 5.54. The summed E-state index contributed by atoms with van der Waals surface area (Å²) in [7, 11) is 1.66. The zero-order valence-electron chi connectivity index (χ0n) is 13.2. The molecule has 0 aliphatic rings. The van der Waals surface area contributed by atoms with E-state index in [-0.39, 0.29) is 0 Å². The molecule has 0 fully saturated rings. The molecular formula is C20H19NO2. The standard InChI is InChI=1S/C20H19NO2/c1-15-3-9-19(10-4-15)23-20-13-7-17(8-14-20)21-16-5-11-18(22-2)12-6-16/h3-14,21H,1-2H3. The van der Waals surface area contributed by atoms with Crippen molar-refractivity contribution >= 4 is 11.4 Å². The van der Waals surface area contributed by atoms with Gasteiger partial charge in [-0.1, -0.05) is 17.7 Å². The van der Waals surface area contributed by atoms with Gasteiger partial charge in [0.2, 0.25) is 0 Å². The van der Waals surface area contributed by atoms with Crippen LogP contribution in [-0.2, 0) is 0 Å². The van der Waals surface area contributed by atoms with Gasteiger partial charge in [0.05, 0.1) is 7.11 Å². The summed E-state index contributed by atoms with van der Waals surface area (Å²) in [5, 5.41) is 3.34. The number of benzene rings is 3. The molecule has 23 heavy (non-hydrogen) atoms. The lowest BCUT2D eigenvalue weighted by atomic mass is 10.2. The molecule has 0 unspecified atom stereocenters. The topological polar surface area (TPSA) is 30.5 Å². The first-order chi connectivity index (χ1) is 11.2. The lowest BCUT2D eigenvalue weighted by Gasteiger charge is -2.09. The summed E-state index contributed by atoms with van der Waals surface area (Å²) in [6.07, 6.45) is 0. The maximum absolute atomic E-state index is 5.82. The van der Waals surface area contributed by atoms with Crippen LogP contribution in [-0.4, -0.2) is 7.11 Å². The molecule has 0 radical (unpaired) electrons. The number of hydrogen-bond acceptors (Lipinski definition) is 3. The number of ether oxygens (including phenoxy) is 2. The fraction of sp³-hybridized carbons (Fsp3) is 0.100. The first-order valence-corrected chi connectivity index (χ1v) is 7.48. The second-order valence-corrected chi connectivity index (χ2v) is 5.29. The van der Waals surface area contributed by atoms with E-state index in [1.54, 1.807) is 7.11 Å². The largest absolute Gasteiger partial charge is 0.497 e. The van der Waals surface area contributed by atoms with Crippen LogP contribution >= 0.6 is 0 Å². The van der Waals surface area contributed by atoms with Crippen molar-refractivity contribution in [3.8, 4) is 17.2 Å². The number of nitrogens with one attached hydrogen (secondary N) is 1. The van der Waals surface area contributed by atoms with Gasteiger partial charge < -0.3 is 14.8 Å². The van der Waals surface area contributed by atoms with Gasteiger partial charge in [-0.3, -0.25) is 0 Å². The molecule has 0 aliphatic carbocycles. The van der Waals surface area contributed by atoms with Gasteiger partial charge >= 0.3 is 0 Å². The van der Waals surface area contributed by atoms with E-state index < -0.39 is 0 Å². The molecule has 3 aromatic carbocycles. The van der Waals surface area contributed by atoms with E-state index in [0.29, 0.717) is 0 Å². The fourth-order valence-electron chi connectivity index (χ4n) is 2.19. The van der Waals surface area contributed by atoms with Crippen LogP contribution in [0.4, 0.5) is 11.4 Å². The molecule has 3 nitrogen and oxygen atoms in total. The van der Waals surface area contributed by atoms with Gasteiger partial charge in [0.25, 0.3) is 0 Å². The molecule has 0 aliphatic heterocycles. The van der Waals surface area contributed by atoms with Crippen molar-refractivity contribution in [1.82, 2.24) is 0 Å². The molecule has 3 rings (SSSR count). The average Bonchev–Trinajstić information content (AvgIpc) is 2.59. The molecule has 0 amide bonds. The molecule has 0 spiro atoms. The Kier molecular flexibility index (Phi) is 4.48. The normalized spacial score (nSPS) is 10.2. The van der Waals surface area contributed by atoms with Crippen molar-refractivity contribution in [3.05, 3.63) is 78.4 Å². The van der Waals surface area contributed by atoms with Gasteiger partial charge in [0, 0.05) is 11.4 Å². The lowest BCUT2D eigenvalue weighted by Crippen LogP contribution is -1.91. The van der Waals surface area contributed by atoms with Gasteiger partial charge in [0.15, 0.2) is 0 Å². The third-order valence-electron chi connectivity index (χ3n) is 3.49. The van der Waals surface area contributed by atoms with E-state index in [1.165, 1.54) is 5.56 Å². The summed E-state index contributed by atoms with van der Waals surface area (Å²) < 4.78 is 11.0. The van der Waals surface area contributed by atoms with Crippen molar-refractivity contribution in [2.24, 2.45) is 0 Å². The lowest BCUT2D eigenvalue weighted by molar-refractivity contribution is 0.415. The molecule has 3 heteroatoms. The van der Waals surface area contributed by atoms with Gasteiger partial charge in [-0.2, -0.15) is 0 Å². The Bertz CT molecular complexity index is 747. The van der Waals surface area contributed by atoms with Gasteiger partial charge in [0.1, 0.15) is 17.2 Å². The van der Waals surface area contributed by atoms with E-state index in [2.05, 4.69) is 12.2 Å². The van der Waals surface area contributed by atoms with E-state index in [9.17, 15) is 0 Å². The third-order valence-corrected chi connectivity index (χ3v) is 3.49.